The first kappa shape index (κ1) is 20.3. The van der Waals surface area contributed by atoms with E-state index in [4.69, 9.17) is 4.74 Å². The predicted octanol–water partition coefficient (Wildman–Crippen LogP) is 4.38. The van der Waals surface area contributed by atoms with Crippen molar-refractivity contribution in [2.75, 3.05) is 19.0 Å². The molecule has 2 heterocycles. The lowest BCUT2D eigenvalue weighted by Gasteiger charge is -2.13. The van der Waals surface area contributed by atoms with Crippen LogP contribution in [-0.2, 0) is 6.54 Å². The molecule has 2 aromatic carbocycles. The van der Waals surface area contributed by atoms with Gasteiger partial charge in [0.2, 0.25) is 0 Å². The maximum absolute atomic E-state index is 13.4. The molecule has 4 rings (SSSR count). The summed E-state index contributed by atoms with van der Waals surface area (Å²) in [6, 6.07) is 15.1. The minimum absolute atomic E-state index is 0.311. The number of benzene rings is 2. The van der Waals surface area contributed by atoms with Crippen molar-refractivity contribution in [3.05, 3.63) is 72.2 Å². The maximum Gasteiger partial charge on any atom is 0.319 e. The zero-order valence-electron chi connectivity index (χ0n) is 17.2. The number of carbonyl (C=O) groups is 1. The molecular weight excluding hydrogens is 397 g/mol. The van der Waals surface area contributed by atoms with Gasteiger partial charge in [0.25, 0.3) is 0 Å². The van der Waals surface area contributed by atoms with Crippen molar-refractivity contribution in [3.8, 4) is 17.1 Å². The zero-order chi connectivity index (χ0) is 21.8. The zero-order valence-corrected chi connectivity index (χ0v) is 17.2. The first-order valence-corrected chi connectivity index (χ1v) is 9.82. The Balaban J connectivity index is 1.50. The largest absolute Gasteiger partial charge is 0.495 e. The molecule has 0 bridgehead atoms. The number of rotatable bonds is 6. The highest BCUT2D eigenvalue weighted by molar-refractivity contribution is 5.91. The van der Waals surface area contributed by atoms with Gasteiger partial charge in [-0.15, -0.1) is 0 Å². The standard InChI is InChI=1S/C23H22FN5O2/c1-15-5-10-20(31-2)19(14-15)28-23(30)26-12-13-29-21(16-6-8-17(24)9-7-16)27-18-4-3-11-25-22(18)29/h3-11,14H,12-13H2,1-2H3,(H2,26,28,30). The third-order valence-electron chi connectivity index (χ3n) is 4.83. The van der Waals surface area contributed by atoms with Crippen molar-refractivity contribution in [2.24, 2.45) is 0 Å². The summed E-state index contributed by atoms with van der Waals surface area (Å²) in [5.41, 5.74) is 3.81. The van der Waals surface area contributed by atoms with E-state index >= 15 is 0 Å². The molecule has 7 nitrogen and oxygen atoms in total. The molecule has 0 aliphatic rings. The van der Waals surface area contributed by atoms with E-state index in [0.29, 0.717) is 36.0 Å². The average Bonchev–Trinajstić information content (AvgIpc) is 3.13. The lowest BCUT2D eigenvalue weighted by atomic mass is 10.2. The van der Waals surface area contributed by atoms with Gasteiger partial charge in [-0.05, 0) is 61.0 Å². The van der Waals surface area contributed by atoms with E-state index in [2.05, 4.69) is 20.6 Å². The maximum atomic E-state index is 13.4. The van der Waals surface area contributed by atoms with Gasteiger partial charge in [0.1, 0.15) is 22.9 Å². The first-order valence-electron chi connectivity index (χ1n) is 9.82. The Morgan fingerprint density at radius 3 is 2.74 bits per heavy atom. The normalized spacial score (nSPS) is 10.8. The molecule has 158 valence electrons. The third kappa shape index (κ3) is 4.48. The fraction of sp³-hybridized carbons (Fsp3) is 0.174. The van der Waals surface area contributed by atoms with Crippen LogP contribution in [-0.4, -0.2) is 34.2 Å². The van der Waals surface area contributed by atoms with Crippen LogP contribution >= 0.6 is 0 Å². The molecule has 4 aromatic rings. The Morgan fingerprint density at radius 1 is 1.16 bits per heavy atom. The Bertz CT molecular complexity index is 1220. The van der Waals surface area contributed by atoms with Gasteiger partial charge in [-0.2, -0.15) is 0 Å². The highest BCUT2D eigenvalue weighted by Gasteiger charge is 2.14. The number of anilines is 1. The number of methoxy groups -OCH3 is 1. The number of hydrogen-bond acceptors (Lipinski definition) is 4. The van der Waals surface area contributed by atoms with E-state index in [1.54, 1.807) is 25.4 Å². The monoisotopic (exact) mass is 419 g/mol. The lowest BCUT2D eigenvalue weighted by molar-refractivity contribution is 0.251. The molecule has 8 heteroatoms. The summed E-state index contributed by atoms with van der Waals surface area (Å²) in [7, 11) is 1.56. The number of pyridine rings is 1. The predicted molar refractivity (Wildman–Crippen MR) is 118 cm³/mol. The number of halogens is 1. The fourth-order valence-electron chi connectivity index (χ4n) is 3.36. The van der Waals surface area contributed by atoms with Crippen LogP contribution in [0, 0.1) is 12.7 Å². The Kier molecular flexibility index (Phi) is 5.79. The summed E-state index contributed by atoms with van der Waals surface area (Å²) < 4.78 is 20.6. The summed E-state index contributed by atoms with van der Waals surface area (Å²) >= 11 is 0. The number of hydrogen-bond donors (Lipinski definition) is 2. The van der Waals surface area contributed by atoms with E-state index < -0.39 is 0 Å². The average molecular weight is 419 g/mol. The van der Waals surface area contributed by atoms with Crippen LogP contribution in [0.25, 0.3) is 22.6 Å². The van der Waals surface area contributed by atoms with Crippen LogP contribution in [0.5, 0.6) is 5.75 Å². The van der Waals surface area contributed by atoms with Crippen molar-refractivity contribution in [2.45, 2.75) is 13.5 Å². The first-order chi connectivity index (χ1) is 15.0. The number of nitrogens with zero attached hydrogens (tertiary/aromatic N) is 3. The summed E-state index contributed by atoms with van der Waals surface area (Å²) in [5.74, 6) is 0.940. The molecule has 2 aromatic heterocycles. The van der Waals surface area contributed by atoms with Crippen LogP contribution < -0.4 is 15.4 Å². The Morgan fingerprint density at radius 2 is 1.97 bits per heavy atom. The molecule has 2 amide bonds. The van der Waals surface area contributed by atoms with Crippen molar-refractivity contribution < 1.29 is 13.9 Å². The quantitative estimate of drug-likeness (QED) is 0.486. The molecule has 2 N–H and O–H groups in total. The minimum atomic E-state index is -0.343. The molecule has 0 atom stereocenters. The number of aromatic nitrogens is 3. The summed E-state index contributed by atoms with van der Waals surface area (Å²) in [6.45, 7) is 2.73. The topological polar surface area (TPSA) is 81.1 Å². The second-order valence-electron chi connectivity index (χ2n) is 7.02. The van der Waals surface area contributed by atoms with Crippen LogP contribution in [0.15, 0.2) is 60.8 Å². The van der Waals surface area contributed by atoms with Gasteiger partial charge < -0.3 is 19.9 Å². The van der Waals surface area contributed by atoms with E-state index in [9.17, 15) is 9.18 Å². The summed E-state index contributed by atoms with van der Waals surface area (Å²) in [6.07, 6.45) is 1.69. The summed E-state index contributed by atoms with van der Waals surface area (Å²) in [4.78, 5) is 21.5. The number of urea groups is 1. The van der Waals surface area contributed by atoms with Crippen molar-refractivity contribution in [1.82, 2.24) is 19.9 Å². The lowest BCUT2D eigenvalue weighted by Crippen LogP contribution is -2.31. The molecule has 0 aliphatic carbocycles. The smallest absolute Gasteiger partial charge is 0.319 e. The van der Waals surface area contributed by atoms with Crippen LogP contribution in [0.2, 0.25) is 0 Å². The highest BCUT2D eigenvalue weighted by atomic mass is 19.1. The molecule has 0 aliphatic heterocycles. The number of amides is 2. The van der Waals surface area contributed by atoms with Crippen LogP contribution in [0.3, 0.4) is 0 Å². The van der Waals surface area contributed by atoms with E-state index in [-0.39, 0.29) is 11.8 Å². The van der Waals surface area contributed by atoms with Gasteiger partial charge in [0.15, 0.2) is 5.65 Å². The van der Waals surface area contributed by atoms with Gasteiger partial charge in [-0.1, -0.05) is 6.07 Å². The molecule has 0 spiro atoms. The van der Waals surface area contributed by atoms with Gasteiger partial charge >= 0.3 is 6.03 Å². The molecule has 31 heavy (non-hydrogen) atoms. The number of imidazole rings is 1. The van der Waals surface area contributed by atoms with Crippen LogP contribution in [0.4, 0.5) is 14.9 Å². The minimum Gasteiger partial charge on any atom is -0.495 e. The van der Waals surface area contributed by atoms with Gasteiger partial charge in [0, 0.05) is 24.8 Å². The van der Waals surface area contributed by atoms with Crippen molar-refractivity contribution >= 4 is 22.9 Å². The van der Waals surface area contributed by atoms with E-state index in [1.165, 1.54) is 12.1 Å². The highest BCUT2D eigenvalue weighted by Crippen LogP contribution is 2.25. The Hall–Kier alpha value is -3.94. The number of aryl methyl sites for hydroxylation is 1. The second-order valence-corrected chi connectivity index (χ2v) is 7.02. The van der Waals surface area contributed by atoms with Crippen molar-refractivity contribution in [1.29, 1.82) is 0 Å². The molecule has 0 fully saturated rings. The van der Waals surface area contributed by atoms with Gasteiger partial charge in [-0.25, -0.2) is 19.2 Å². The fourth-order valence-corrected chi connectivity index (χ4v) is 3.36. The van der Waals surface area contributed by atoms with E-state index in [1.807, 2.05) is 41.8 Å². The van der Waals surface area contributed by atoms with Gasteiger partial charge in [0.05, 0.1) is 12.8 Å². The Labute approximate surface area is 178 Å². The van der Waals surface area contributed by atoms with Crippen LogP contribution in [0.1, 0.15) is 5.56 Å². The molecular formula is C23H22FN5O2. The van der Waals surface area contributed by atoms with Gasteiger partial charge in [-0.3, -0.25) is 0 Å². The molecule has 0 radical (unpaired) electrons. The molecule has 0 saturated carbocycles. The van der Waals surface area contributed by atoms with E-state index in [0.717, 1.165) is 16.6 Å². The second kappa shape index (κ2) is 8.83. The SMILES string of the molecule is COc1ccc(C)cc1NC(=O)NCCn1c(-c2ccc(F)cc2)nc2cccnc21. The third-order valence-corrected chi connectivity index (χ3v) is 4.83. The number of carbonyl (C=O) groups excluding carboxylic acids is 1. The van der Waals surface area contributed by atoms with Crippen molar-refractivity contribution in [3.63, 3.8) is 0 Å². The number of nitrogens with one attached hydrogen (secondary N) is 2. The number of fused-ring (bicyclic) bond motifs is 1. The summed E-state index contributed by atoms with van der Waals surface area (Å²) in [5, 5.41) is 5.67. The molecule has 0 saturated heterocycles. The molecule has 0 unspecified atom stereocenters. The number of ether oxygens (including phenoxy) is 1.